The van der Waals surface area contributed by atoms with Crippen LogP contribution in [0.5, 0.6) is 0 Å². The van der Waals surface area contributed by atoms with E-state index in [-0.39, 0.29) is 11.8 Å². The highest BCUT2D eigenvalue weighted by Gasteiger charge is 2.20. The lowest BCUT2D eigenvalue weighted by Crippen LogP contribution is -2.02. The fourth-order valence-corrected chi connectivity index (χ4v) is 3.30. The van der Waals surface area contributed by atoms with Crippen LogP contribution in [0.15, 0.2) is 36.5 Å². The Morgan fingerprint density at radius 1 is 1.12 bits per heavy atom. The van der Waals surface area contributed by atoms with Crippen molar-refractivity contribution in [1.29, 1.82) is 10.5 Å². The summed E-state index contributed by atoms with van der Waals surface area (Å²) < 4.78 is 1.93. The Hall–Kier alpha value is -3.12. The Labute approximate surface area is 156 Å². The largest absolute Gasteiger partial charge is 0.392 e. The van der Waals surface area contributed by atoms with Crippen LogP contribution in [0.4, 0.5) is 0 Å². The van der Waals surface area contributed by atoms with Crippen LogP contribution in [0.3, 0.4) is 0 Å². The Morgan fingerprint density at radius 3 is 2.38 bits per heavy atom. The second kappa shape index (κ2) is 7.01. The fourth-order valence-electron chi connectivity index (χ4n) is 3.14. The number of nitrogens with zero attached hydrogens (tertiary/aromatic N) is 4. The van der Waals surface area contributed by atoms with E-state index in [0.29, 0.717) is 16.7 Å². The zero-order valence-electron chi connectivity index (χ0n) is 14.3. The van der Waals surface area contributed by atoms with E-state index in [1.807, 2.05) is 30.5 Å². The molecule has 3 rings (SSSR count). The number of nitriles is 2. The van der Waals surface area contributed by atoms with Crippen LogP contribution < -0.4 is 0 Å². The first-order valence-corrected chi connectivity index (χ1v) is 8.27. The van der Waals surface area contributed by atoms with Gasteiger partial charge in [-0.05, 0) is 37.6 Å². The number of halogens is 1. The highest BCUT2D eigenvalue weighted by Crippen LogP contribution is 2.34. The third-order valence-electron chi connectivity index (χ3n) is 4.38. The van der Waals surface area contributed by atoms with E-state index in [4.69, 9.17) is 16.9 Å². The molecule has 26 heavy (non-hydrogen) atoms. The number of hydrogen-bond acceptors (Lipinski definition) is 4. The SMILES string of the molecule is Cc1c(C#N)c(-c2ccc(C#N)cc2)c(C)n1-c1cnc(Cl)c(CO)c1. The van der Waals surface area contributed by atoms with Gasteiger partial charge in [-0.1, -0.05) is 23.7 Å². The molecular formula is C20H15ClN4O. The van der Waals surface area contributed by atoms with Gasteiger partial charge >= 0.3 is 0 Å². The number of pyridine rings is 1. The van der Waals surface area contributed by atoms with Gasteiger partial charge in [0.2, 0.25) is 0 Å². The molecule has 0 saturated carbocycles. The molecular weight excluding hydrogens is 348 g/mol. The summed E-state index contributed by atoms with van der Waals surface area (Å²) in [6.07, 6.45) is 1.62. The highest BCUT2D eigenvalue weighted by atomic mass is 35.5. The molecule has 0 amide bonds. The molecule has 1 N–H and O–H groups in total. The molecule has 0 aliphatic rings. The van der Waals surface area contributed by atoms with Crippen molar-refractivity contribution in [1.82, 2.24) is 9.55 Å². The van der Waals surface area contributed by atoms with Gasteiger partial charge in [-0.15, -0.1) is 0 Å². The lowest BCUT2D eigenvalue weighted by Gasteiger charge is -2.11. The van der Waals surface area contributed by atoms with Crippen LogP contribution in [0.1, 0.15) is 28.1 Å². The van der Waals surface area contributed by atoms with Crippen molar-refractivity contribution in [2.75, 3.05) is 0 Å². The van der Waals surface area contributed by atoms with Gasteiger partial charge in [0.05, 0.1) is 35.7 Å². The average Bonchev–Trinajstić information content (AvgIpc) is 2.92. The van der Waals surface area contributed by atoms with E-state index in [1.54, 1.807) is 24.4 Å². The maximum absolute atomic E-state index is 9.70. The molecule has 0 bridgehead atoms. The van der Waals surface area contributed by atoms with Crippen molar-refractivity contribution in [2.24, 2.45) is 0 Å². The van der Waals surface area contributed by atoms with Crippen LogP contribution in [-0.2, 0) is 6.61 Å². The third kappa shape index (κ3) is 2.84. The predicted molar refractivity (Wildman–Crippen MR) is 98.8 cm³/mol. The molecule has 0 aliphatic carbocycles. The molecule has 128 valence electrons. The lowest BCUT2D eigenvalue weighted by atomic mass is 10.0. The maximum Gasteiger partial charge on any atom is 0.134 e. The summed E-state index contributed by atoms with van der Waals surface area (Å²) in [5.41, 5.74) is 5.71. The van der Waals surface area contributed by atoms with E-state index in [0.717, 1.165) is 28.2 Å². The van der Waals surface area contributed by atoms with Crippen LogP contribution in [-0.4, -0.2) is 14.7 Å². The molecule has 0 fully saturated rings. The number of aliphatic hydroxyl groups is 1. The number of hydrogen-bond donors (Lipinski definition) is 1. The van der Waals surface area contributed by atoms with Crippen LogP contribution in [0.2, 0.25) is 5.15 Å². The van der Waals surface area contributed by atoms with Crippen molar-refractivity contribution in [3.05, 3.63) is 69.8 Å². The van der Waals surface area contributed by atoms with E-state index in [2.05, 4.69) is 17.1 Å². The quantitative estimate of drug-likeness (QED) is 0.712. The van der Waals surface area contributed by atoms with Crippen molar-refractivity contribution < 1.29 is 5.11 Å². The summed E-state index contributed by atoms with van der Waals surface area (Å²) in [4.78, 5) is 4.13. The average molecular weight is 363 g/mol. The molecule has 5 nitrogen and oxygen atoms in total. The lowest BCUT2D eigenvalue weighted by molar-refractivity contribution is 0.281. The molecule has 6 heteroatoms. The monoisotopic (exact) mass is 362 g/mol. The minimum atomic E-state index is -0.216. The Balaban J connectivity index is 2.25. The van der Waals surface area contributed by atoms with Gasteiger partial charge in [0.25, 0.3) is 0 Å². The molecule has 0 atom stereocenters. The summed E-state index contributed by atoms with van der Waals surface area (Å²) in [6.45, 7) is 3.58. The first-order chi connectivity index (χ1) is 12.5. The molecule has 0 unspecified atom stereocenters. The standard InChI is InChI=1S/C20H15ClN4O/c1-12-18(9-23)19(15-5-3-14(8-22)4-6-15)13(2)25(12)17-7-16(11-26)20(21)24-10-17/h3-7,10,26H,11H2,1-2H3. The summed E-state index contributed by atoms with van der Waals surface area (Å²) in [5, 5.41) is 28.4. The van der Waals surface area contributed by atoms with E-state index in [9.17, 15) is 10.4 Å². The maximum atomic E-state index is 9.70. The predicted octanol–water partition coefficient (Wildman–Crippen LogP) is 4.05. The van der Waals surface area contributed by atoms with Gasteiger partial charge in [-0.25, -0.2) is 4.98 Å². The highest BCUT2D eigenvalue weighted by molar-refractivity contribution is 6.30. The fraction of sp³-hybridized carbons (Fsp3) is 0.150. The zero-order valence-corrected chi connectivity index (χ0v) is 15.0. The summed E-state index contributed by atoms with van der Waals surface area (Å²) in [7, 11) is 0. The van der Waals surface area contributed by atoms with Crippen LogP contribution in [0.25, 0.3) is 16.8 Å². The minimum absolute atomic E-state index is 0.216. The summed E-state index contributed by atoms with van der Waals surface area (Å²) in [5.74, 6) is 0. The summed E-state index contributed by atoms with van der Waals surface area (Å²) in [6, 6.07) is 13.3. The first-order valence-electron chi connectivity index (χ1n) is 7.90. The Bertz CT molecular complexity index is 1070. The number of benzene rings is 1. The van der Waals surface area contributed by atoms with E-state index < -0.39 is 0 Å². The Morgan fingerprint density at radius 2 is 1.81 bits per heavy atom. The van der Waals surface area contributed by atoms with Gasteiger partial charge in [0.15, 0.2) is 0 Å². The topological polar surface area (TPSA) is 85.6 Å². The smallest absolute Gasteiger partial charge is 0.134 e. The normalized spacial score (nSPS) is 10.4. The van der Waals surface area contributed by atoms with Gasteiger partial charge < -0.3 is 9.67 Å². The number of aromatic nitrogens is 2. The van der Waals surface area contributed by atoms with Gasteiger partial charge in [-0.2, -0.15) is 10.5 Å². The minimum Gasteiger partial charge on any atom is -0.392 e. The van der Waals surface area contributed by atoms with Gasteiger partial charge in [0, 0.05) is 22.5 Å². The van der Waals surface area contributed by atoms with Crippen molar-refractivity contribution in [3.63, 3.8) is 0 Å². The van der Waals surface area contributed by atoms with Crippen molar-refractivity contribution >= 4 is 11.6 Å². The molecule has 0 radical (unpaired) electrons. The second-order valence-electron chi connectivity index (χ2n) is 5.86. The van der Waals surface area contributed by atoms with Crippen molar-refractivity contribution in [3.8, 4) is 29.0 Å². The molecule has 0 spiro atoms. The van der Waals surface area contributed by atoms with E-state index >= 15 is 0 Å². The third-order valence-corrected chi connectivity index (χ3v) is 4.73. The molecule has 3 aromatic rings. The zero-order chi connectivity index (χ0) is 18.8. The second-order valence-corrected chi connectivity index (χ2v) is 6.22. The van der Waals surface area contributed by atoms with Crippen LogP contribution in [0, 0.1) is 36.5 Å². The summed E-state index contributed by atoms with van der Waals surface area (Å²) >= 11 is 5.99. The number of aliphatic hydroxyl groups excluding tert-OH is 1. The van der Waals surface area contributed by atoms with Crippen LogP contribution >= 0.6 is 11.6 Å². The van der Waals surface area contributed by atoms with Gasteiger partial charge in [-0.3, -0.25) is 0 Å². The Kier molecular flexibility index (Phi) is 4.77. The molecule has 2 heterocycles. The molecule has 2 aromatic heterocycles. The first kappa shape index (κ1) is 17.7. The van der Waals surface area contributed by atoms with E-state index in [1.165, 1.54) is 0 Å². The molecule has 0 aliphatic heterocycles. The van der Waals surface area contributed by atoms with Crippen molar-refractivity contribution in [2.45, 2.75) is 20.5 Å². The molecule has 0 saturated heterocycles. The number of rotatable bonds is 3. The van der Waals surface area contributed by atoms with Gasteiger partial charge in [0.1, 0.15) is 11.2 Å². The molecule has 1 aromatic carbocycles.